The fraction of sp³-hybridized carbons (Fsp3) is 0.469. The SMILES string of the molecule is CC(C)(O)C(=O)N1CCC(Oc2ccc(-c3ncnc(Nc4ccc(N5CCN(C6COC6)CC5)cc4)n3)cc2C#N)CC1. The lowest BCUT2D eigenvalue weighted by Gasteiger charge is -2.43. The lowest BCUT2D eigenvalue weighted by Crippen LogP contribution is -2.56. The van der Waals surface area contributed by atoms with Gasteiger partial charge in [0.1, 0.15) is 29.9 Å². The van der Waals surface area contributed by atoms with Gasteiger partial charge in [-0.2, -0.15) is 10.2 Å². The van der Waals surface area contributed by atoms with Crippen LogP contribution >= 0.6 is 0 Å². The third-order valence-corrected chi connectivity index (χ3v) is 8.42. The summed E-state index contributed by atoms with van der Waals surface area (Å²) in [4.78, 5) is 32.1. The average molecular weight is 599 g/mol. The van der Waals surface area contributed by atoms with Crippen molar-refractivity contribution in [1.29, 1.82) is 5.26 Å². The number of nitrogens with zero attached hydrogens (tertiary/aromatic N) is 7. The van der Waals surface area contributed by atoms with Crippen LogP contribution in [0, 0.1) is 11.3 Å². The maximum absolute atomic E-state index is 12.4. The third kappa shape index (κ3) is 6.75. The number of likely N-dealkylation sites (tertiary alicyclic amines) is 1. The van der Waals surface area contributed by atoms with Crippen molar-refractivity contribution >= 4 is 23.2 Å². The van der Waals surface area contributed by atoms with Crippen LogP contribution in [-0.4, -0.2) is 106 Å². The predicted octanol–water partition coefficient (Wildman–Crippen LogP) is 2.82. The molecule has 1 aromatic heterocycles. The van der Waals surface area contributed by atoms with Crippen molar-refractivity contribution in [2.75, 3.05) is 62.7 Å². The molecule has 3 aliphatic heterocycles. The third-order valence-electron chi connectivity index (χ3n) is 8.42. The van der Waals surface area contributed by atoms with E-state index in [9.17, 15) is 15.2 Å². The van der Waals surface area contributed by atoms with Crippen LogP contribution in [0.1, 0.15) is 32.3 Å². The molecule has 3 saturated heterocycles. The number of hydrogen-bond acceptors (Lipinski definition) is 11. The Morgan fingerprint density at radius 1 is 1.05 bits per heavy atom. The molecular weight excluding hydrogens is 560 g/mol. The number of anilines is 3. The first kappa shape index (κ1) is 29.7. The van der Waals surface area contributed by atoms with Crippen LogP contribution in [0.15, 0.2) is 48.8 Å². The zero-order valence-corrected chi connectivity index (χ0v) is 25.1. The number of piperidine rings is 1. The van der Waals surface area contributed by atoms with Crippen LogP contribution in [0.3, 0.4) is 0 Å². The van der Waals surface area contributed by atoms with Crippen LogP contribution in [-0.2, 0) is 9.53 Å². The van der Waals surface area contributed by atoms with Gasteiger partial charge in [-0.25, -0.2) is 9.97 Å². The van der Waals surface area contributed by atoms with Crippen molar-refractivity contribution in [2.24, 2.45) is 0 Å². The number of ether oxygens (including phenoxy) is 2. The topological polar surface area (TPSA) is 140 Å². The van der Waals surface area contributed by atoms with Gasteiger partial charge in [0.15, 0.2) is 5.82 Å². The summed E-state index contributed by atoms with van der Waals surface area (Å²) in [6.07, 6.45) is 2.55. The summed E-state index contributed by atoms with van der Waals surface area (Å²) in [7, 11) is 0. The molecule has 4 heterocycles. The Labute approximate surface area is 257 Å². The number of aliphatic hydroxyl groups is 1. The fourth-order valence-corrected chi connectivity index (χ4v) is 5.76. The van der Waals surface area contributed by atoms with E-state index in [1.165, 1.54) is 25.9 Å². The lowest BCUT2D eigenvalue weighted by atomic mass is 10.0. The molecule has 230 valence electrons. The molecule has 44 heavy (non-hydrogen) atoms. The number of nitriles is 1. The second-order valence-corrected chi connectivity index (χ2v) is 12.0. The van der Waals surface area contributed by atoms with Crippen LogP contribution < -0.4 is 15.0 Å². The highest BCUT2D eigenvalue weighted by molar-refractivity contribution is 5.84. The first-order valence-electron chi connectivity index (χ1n) is 15.1. The maximum atomic E-state index is 12.4. The Morgan fingerprint density at radius 2 is 1.77 bits per heavy atom. The Bertz CT molecular complexity index is 1500. The maximum Gasteiger partial charge on any atom is 0.253 e. The second kappa shape index (κ2) is 12.7. The van der Waals surface area contributed by atoms with Crippen molar-refractivity contribution < 1.29 is 19.4 Å². The lowest BCUT2D eigenvalue weighted by molar-refractivity contribution is -0.149. The van der Waals surface area contributed by atoms with E-state index in [-0.39, 0.29) is 12.0 Å². The number of benzene rings is 2. The molecule has 3 aromatic rings. The molecule has 0 saturated carbocycles. The first-order chi connectivity index (χ1) is 21.3. The van der Waals surface area contributed by atoms with Crippen molar-refractivity contribution in [3.8, 4) is 23.2 Å². The van der Waals surface area contributed by atoms with Crippen LogP contribution in [0.4, 0.5) is 17.3 Å². The van der Waals surface area contributed by atoms with Gasteiger partial charge in [0.05, 0.1) is 24.8 Å². The molecular formula is C32H38N8O4. The summed E-state index contributed by atoms with van der Waals surface area (Å²) in [5, 5.41) is 23.1. The van der Waals surface area contributed by atoms with E-state index >= 15 is 0 Å². The smallest absolute Gasteiger partial charge is 0.253 e. The summed E-state index contributed by atoms with van der Waals surface area (Å²) in [6, 6.07) is 16.4. The molecule has 12 heteroatoms. The van der Waals surface area contributed by atoms with E-state index in [0.717, 1.165) is 45.1 Å². The zero-order valence-electron chi connectivity index (χ0n) is 25.1. The molecule has 1 amide bonds. The summed E-state index contributed by atoms with van der Waals surface area (Å²) in [6.45, 7) is 9.78. The van der Waals surface area contributed by atoms with E-state index < -0.39 is 5.60 Å². The van der Waals surface area contributed by atoms with Gasteiger partial charge in [-0.05, 0) is 56.3 Å². The molecule has 3 fully saturated rings. The summed E-state index contributed by atoms with van der Waals surface area (Å²) >= 11 is 0. The van der Waals surface area contributed by atoms with E-state index in [0.29, 0.717) is 60.6 Å². The highest BCUT2D eigenvalue weighted by Gasteiger charge is 2.33. The Kier molecular flexibility index (Phi) is 8.61. The zero-order chi connectivity index (χ0) is 30.7. The minimum atomic E-state index is -1.39. The van der Waals surface area contributed by atoms with Crippen LogP contribution in [0.5, 0.6) is 5.75 Å². The molecule has 0 bridgehead atoms. The minimum Gasteiger partial charge on any atom is -0.489 e. The number of carbonyl (C=O) groups excluding carboxylic acids is 1. The molecule has 2 aromatic carbocycles. The molecule has 0 atom stereocenters. The van der Waals surface area contributed by atoms with Crippen molar-refractivity contribution in [3.63, 3.8) is 0 Å². The van der Waals surface area contributed by atoms with Gasteiger partial charge in [0.2, 0.25) is 5.95 Å². The normalized spacial score (nSPS) is 18.4. The van der Waals surface area contributed by atoms with Crippen LogP contribution in [0.2, 0.25) is 0 Å². The summed E-state index contributed by atoms with van der Waals surface area (Å²) in [5.74, 6) is 1.04. The van der Waals surface area contributed by atoms with Gasteiger partial charge in [-0.3, -0.25) is 9.69 Å². The first-order valence-corrected chi connectivity index (χ1v) is 15.1. The summed E-state index contributed by atoms with van der Waals surface area (Å²) < 4.78 is 11.5. The largest absolute Gasteiger partial charge is 0.489 e. The van der Waals surface area contributed by atoms with Gasteiger partial charge in [0, 0.05) is 69.0 Å². The number of amides is 1. The highest BCUT2D eigenvalue weighted by atomic mass is 16.5. The molecule has 0 aliphatic carbocycles. The average Bonchev–Trinajstić information content (AvgIpc) is 3.01. The monoisotopic (exact) mass is 598 g/mol. The number of rotatable bonds is 8. The highest BCUT2D eigenvalue weighted by Crippen LogP contribution is 2.28. The number of hydrogen-bond donors (Lipinski definition) is 2. The number of nitrogens with one attached hydrogen (secondary N) is 1. The Morgan fingerprint density at radius 3 is 2.41 bits per heavy atom. The number of aromatic nitrogens is 3. The molecule has 0 spiro atoms. The van der Waals surface area contributed by atoms with Gasteiger partial charge in [-0.1, -0.05) is 0 Å². The molecule has 0 unspecified atom stereocenters. The van der Waals surface area contributed by atoms with E-state index in [1.54, 1.807) is 17.0 Å². The van der Waals surface area contributed by atoms with Crippen molar-refractivity contribution in [2.45, 2.75) is 44.4 Å². The second-order valence-electron chi connectivity index (χ2n) is 12.0. The molecule has 12 nitrogen and oxygen atoms in total. The van der Waals surface area contributed by atoms with Crippen molar-refractivity contribution in [1.82, 2.24) is 24.8 Å². The van der Waals surface area contributed by atoms with Crippen LogP contribution in [0.25, 0.3) is 11.4 Å². The van der Waals surface area contributed by atoms with Gasteiger partial charge < -0.3 is 29.7 Å². The van der Waals surface area contributed by atoms with Gasteiger partial charge >= 0.3 is 0 Å². The van der Waals surface area contributed by atoms with Gasteiger partial charge in [0.25, 0.3) is 5.91 Å². The van der Waals surface area contributed by atoms with Gasteiger partial charge in [-0.15, -0.1) is 0 Å². The minimum absolute atomic E-state index is 0.134. The Balaban J connectivity index is 1.06. The standard InChI is InChI=1S/C32H38N8O4/c1-32(2,42)30(41)40-11-9-27(10-12-40)44-28-8-3-22(17-23(28)18-33)29-34-21-35-31(37-29)36-24-4-6-25(7-5-24)38-13-15-39(16-14-38)26-19-43-20-26/h3-8,17,21,26-27,42H,9-16,19-20H2,1-2H3,(H,34,35,36,37). The molecule has 3 aliphatic rings. The fourth-order valence-electron chi connectivity index (χ4n) is 5.76. The van der Waals surface area contributed by atoms with Crippen molar-refractivity contribution in [3.05, 3.63) is 54.4 Å². The molecule has 6 rings (SSSR count). The molecule has 2 N–H and O–H groups in total. The summed E-state index contributed by atoms with van der Waals surface area (Å²) in [5.41, 5.74) is 1.72. The van der Waals surface area contributed by atoms with E-state index in [2.05, 4.69) is 48.3 Å². The number of carbonyl (C=O) groups is 1. The quantitative estimate of drug-likeness (QED) is 0.396. The predicted molar refractivity (Wildman–Crippen MR) is 165 cm³/mol. The molecule has 0 radical (unpaired) electrons. The number of piperazine rings is 1. The Hall–Kier alpha value is -4.31. The van der Waals surface area contributed by atoms with E-state index in [1.807, 2.05) is 18.2 Å². The van der Waals surface area contributed by atoms with E-state index in [4.69, 9.17) is 9.47 Å².